The van der Waals surface area contributed by atoms with E-state index in [-0.39, 0.29) is 25.1 Å². The molecular formula is C28H37F3N6O3. The fourth-order valence-corrected chi connectivity index (χ4v) is 5.83. The van der Waals surface area contributed by atoms with E-state index in [1.54, 1.807) is 11.1 Å². The van der Waals surface area contributed by atoms with E-state index >= 15 is 0 Å². The van der Waals surface area contributed by atoms with Crippen molar-refractivity contribution >= 4 is 11.7 Å². The summed E-state index contributed by atoms with van der Waals surface area (Å²) in [5, 5.41) is 3.32. The molecule has 3 saturated heterocycles. The molecule has 2 aromatic heterocycles. The number of rotatable bonds is 7. The second-order valence-electron chi connectivity index (χ2n) is 10.4. The Bertz CT molecular complexity index is 1180. The smallest absolute Gasteiger partial charge is 0.408 e. The molecule has 2 amide bonds. The Hall–Kier alpha value is -3.28. The van der Waals surface area contributed by atoms with Crippen LogP contribution in [0.25, 0.3) is 11.3 Å². The Labute approximate surface area is 232 Å². The van der Waals surface area contributed by atoms with Crippen molar-refractivity contribution in [3.63, 3.8) is 0 Å². The lowest BCUT2D eigenvalue weighted by Crippen LogP contribution is -2.59. The van der Waals surface area contributed by atoms with Gasteiger partial charge in [0.15, 0.2) is 0 Å². The number of carbonyl (C=O) groups is 1. The first-order valence-corrected chi connectivity index (χ1v) is 14.2. The van der Waals surface area contributed by atoms with Crippen molar-refractivity contribution in [1.29, 1.82) is 0 Å². The standard InChI is InChI=1S/C28H37F3N6O3/c1-3-19-18-35(27(38)37-14-6-8-24(37)28(29,30)31)15-16-36(19)23-10-9-22(21-7-5-12-33-25(21)39-4-2)34-26(23)40-20-11-13-32-17-20/h5,7,9-10,12,19-20,24,32H,3-4,6,8,11,13-18H2,1-2H3/t19-,20-,24+/m1/s1. The van der Waals surface area contributed by atoms with Gasteiger partial charge >= 0.3 is 12.2 Å². The average molecular weight is 563 g/mol. The number of ether oxygens (including phenoxy) is 2. The van der Waals surface area contributed by atoms with Crippen LogP contribution in [0.2, 0.25) is 0 Å². The number of aromatic nitrogens is 2. The maximum absolute atomic E-state index is 13.5. The van der Waals surface area contributed by atoms with Gasteiger partial charge in [-0.3, -0.25) is 0 Å². The van der Waals surface area contributed by atoms with Gasteiger partial charge in [0.2, 0.25) is 11.8 Å². The van der Waals surface area contributed by atoms with Gasteiger partial charge in [0, 0.05) is 45.0 Å². The number of hydrogen-bond acceptors (Lipinski definition) is 7. The van der Waals surface area contributed by atoms with Crippen LogP contribution in [0.15, 0.2) is 30.5 Å². The summed E-state index contributed by atoms with van der Waals surface area (Å²) in [5.74, 6) is 0.990. The third-order valence-electron chi connectivity index (χ3n) is 7.87. The summed E-state index contributed by atoms with van der Waals surface area (Å²) in [4.78, 5) is 27.2. The number of piperazine rings is 1. The number of pyridine rings is 2. The van der Waals surface area contributed by atoms with Crippen LogP contribution in [0, 0.1) is 0 Å². The van der Waals surface area contributed by atoms with Crippen LogP contribution < -0.4 is 19.7 Å². The quantitative estimate of drug-likeness (QED) is 0.538. The molecule has 5 heterocycles. The van der Waals surface area contributed by atoms with Crippen molar-refractivity contribution < 1.29 is 27.4 Å². The van der Waals surface area contributed by atoms with Crippen molar-refractivity contribution in [2.45, 2.75) is 63.9 Å². The molecular weight excluding hydrogens is 525 g/mol. The SMILES string of the molecule is CCOc1ncccc1-c1ccc(N2CCN(C(=O)N3CCC[C@H]3C(F)(F)F)C[C@H]2CC)c(O[C@@H]2CCNC2)n1. The van der Waals surface area contributed by atoms with Gasteiger partial charge in [-0.25, -0.2) is 14.8 Å². The maximum atomic E-state index is 13.5. The number of nitrogens with zero attached hydrogens (tertiary/aromatic N) is 5. The molecule has 0 unspecified atom stereocenters. The van der Waals surface area contributed by atoms with Gasteiger partial charge in [-0.05, 0) is 63.4 Å². The first-order chi connectivity index (χ1) is 19.3. The van der Waals surface area contributed by atoms with Crippen molar-refractivity contribution in [1.82, 2.24) is 25.1 Å². The summed E-state index contributed by atoms with van der Waals surface area (Å²) in [6.45, 7) is 7.23. The largest absolute Gasteiger partial charge is 0.477 e. The summed E-state index contributed by atoms with van der Waals surface area (Å²) in [6, 6.07) is 5.30. The van der Waals surface area contributed by atoms with Crippen molar-refractivity contribution in [2.75, 3.05) is 50.8 Å². The van der Waals surface area contributed by atoms with Crippen LogP contribution in [-0.2, 0) is 0 Å². The Morgan fingerprint density at radius 1 is 1.12 bits per heavy atom. The van der Waals surface area contributed by atoms with Gasteiger partial charge in [-0.2, -0.15) is 13.2 Å². The predicted octanol–water partition coefficient (Wildman–Crippen LogP) is 4.33. The molecule has 3 aliphatic rings. The summed E-state index contributed by atoms with van der Waals surface area (Å²) in [5.41, 5.74) is 2.25. The Kier molecular flexibility index (Phi) is 8.53. The van der Waals surface area contributed by atoms with Crippen LogP contribution in [0.3, 0.4) is 0 Å². The van der Waals surface area contributed by atoms with Gasteiger partial charge in [-0.1, -0.05) is 6.92 Å². The van der Waals surface area contributed by atoms with E-state index in [0.29, 0.717) is 56.5 Å². The van der Waals surface area contributed by atoms with Gasteiger partial charge < -0.3 is 29.5 Å². The topological polar surface area (TPSA) is 83.1 Å². The van der Waals surface area contributed by atoms with E-state index in [2.05, 4.69) is 15.2 Å². The molecule has 0 saturated carbocycles. The zero-order valence-corrected chi connectivity index (χ0v) is 23.0. The molecule has 0 spiro atoms. The van der Waals surface area contributed by atoms with E-state index in [4.69, 9.17) is 14.5 Å². The highest BCUT2D eigenvalue weighted by Gasteiger charge is 2.49. The van der Waals surface area contributed by atoms with E-state index in [0.717, 1.165) is 35.7 Å². The summed E-state index contributed by atoms with van der Waals surface area (Å²) < 4.78 is 52.8. The van der Waals surface area contributed by atoms with Crippen LogP contribution >= 0.6 is 0 Å². The van der Waals surface area contributed by atoms with Gasteiger partial charge in [0.05, 0.1) is 17.9 Å². The molecule has 0 bridgehead atoms. The number of urea groups is 1. The third kappa shape index (κ3) is 5.91. The maximum Gasteiger partial charge on any atom is 0.408 e. The fraction of sp³-hybridized carbons (Fsp3) is 0.607. The Morgan fingerprint density at radius 3 is 2.70 bits per heavy atom. The molecule has 3 aliphatic heterocycles. The van der Waals surface area contributed by atoms with Crippen LogP contribution in [0.4, 0.5) is 23.7 Å². The molecule has 3 atom stereocenters. The molecule has 0 aliphatic carbocycles. The molecule has 40 heavy (non-hydrogen) atoms. The van der Waals surface area contributed by atoms with Gasteiger partial charge in [-0.15, -0.1) is 0 Å². The van der Waals surface area contributed by atoms with E-state index in [1.807, 2.05) is 38.1 Å². The lowest BCUT2D eigenvalue weighted by atomic mass is 10.1. The summed E-state index contributed by atoms with van der Waals surface area (Å²) in [7, 11) is 0. The summed E-state index contributed by atoms with van der Waals surface area (Å²) in [6.07, 6.45) is -0.876. The normalized spacial score (nSPS) is 23.5. The Balaban J connectivity index is 1.40. The number of anilines is 1. The van der Waals surface area contributed by atoms with Gasteiger partial charge in [0.25, 0.3) is 0 Å². The molecule has 12 heteroatoms. The van der Waals surface area contributed by atoms with E-state index in [9.17, 15) is 18.0 Å². The number of likely N-dealkylation sites (tertiary alicyclic amines) is 1. The molecule has 3 fully saturated rings. The molecule has 0 radical (unpaired) electrons. The number of carbonyl (C=O) groups excluding carboxylic acids is 1. The molecule has 218 valence electrons. The number of halogens is 3. The van der Waals surface area contributed by atoms with E-state index < -0.39 is 18.2 Å². The Morgan fingerprint density at radius 2 is 1.98 bits per heavy atom. The molecule has 2 aromatic rings. The lowest BCUT2D eigenvalue weighted by Gasteiger charge is -2.44. The summed E-state index contributed by atoms with van der Waals surface area (Å²) >= 11 is 0. The molecule has 5 rings (SSSR count). The molecule has 0 aromatic carbocycles. The highest BCUT2D eigenvalue weighted by atomic mass is 19.4. The number of hydrogen-bond donors (Lipinski definition) is 1. The average Bonchev–Trinajstić information content (AvgIpc) is 3.66. The second-order valence-corrected chi connectivity index (χ2v) is 10.4. The fourth-order valence-electron chi connectivity index (χ4n) is 5.83. The zero-order valence-electron chi connectivity index (χ0n) is 23.0. The minimum absolute atomic E-state index is 0.0285. The van der Waals surface area contributed by atoms with Crippen molar-refractivity contribution in [3.05, 3.63) is 30.5 Å². The molecule has 9 nitrogen and oxygen atoms in total. The molecule has 1 N–H and O–H groups in total. The predicted molar refractivity (Wildman–Crippen MR) is 145 cm³/mol. The minimum atomic E-state index is -4.41. The highest BCUT2D eigenvalue weighted by molar-refractivity contribution is 5.76. The van der Waals surface area contributed by atoms with E-state index in [1.165, 1.54) is 0 Å². The minimum Gasteiger partial charge on any atom is -0.477 e. The van der Waals surface area contributed by atoms with Crippen molar-refractivity contribution in [3.8, 4) is 23.0 Å². The first-order valence-electron chi connectivity index (χ1n) is 14.2. The van der Waals surface area contributed by atoms with Gasteiger partial charge in [0.1, 0.15) is 17.8 Å². The van der Waals surface area contributed by atoms with Crippen molar-refractivity contribution in [2.24, 2.45) is 0 Å². The number of alkyl halides is 3. The van der Waals surface area contributed by atoms with Crippen LogP contribution in [-0.4, -0.2) is 96.0 Å². The number of nitrogens with one attached hydrogen (secondary N) is 1. The third-order valence-corrected chi connectivity index (χ3v) is 7.87. The number of amides is 2. The first kappa shape index (κ1) is 28.3. The lowest BCUT2D eigenvalue weighted by molar-refractivity contribution is -0.170. The monoisotopic (exact) mass is 562 g/mol. The second kappa shape index (κ2) is 12.1. The van der Waals surface area contributed by atoms with Crippen LogP contribution in [0.1, 0.15) is 39.5 Å². The van der Waals surface area contributed by atoms with Crippen LogP contribution in [0.5, 0.6) is 11.8 Å². The highest BCUT2D eigenvalue weighted by Crippen LogP contribution is 2.37. The zero-order chi connectivity index (χ0) is 28.3.